The van der Waals surface area contributed by atoms with E-state index in [-0.39, 0.29) is 0 Å². The Hall–Kier alpha value is -1.91. The monoisotopic (exact) mass is 285 g/mol. The minimum absolute atomic E-state index is 0.677. The van der Waals surface area contributed by atoms with E-state index in [2.05, 4.69) is 28.5 Å². The van der Waals surface area contributed by atoms with Crippen molar-refractivity contribution in [2.75, 3.05) is 5.73 Å². The van der Waals surface area contributed by atoms with Crippen molar-refractivity contribution in [3.05, 3.63) is 23.8 Å². The summed E-state index contributed by atoms with van der Waals surface area (Å²) in [6.07, 6.45) is 5.29. The second-order valence-corrected chi connectivity index (χ2v) is 6.28. The molecule has 0 amide bonds. The van der Waals surface area contributed by atoms with Crippen molar-refractivity contribution in [1.29, 1.82) is 0 Å². The van der Waals surface area contributed by atoms with E-state index in [0.717, 1.165) is 35.1 Å². The van der Waals surface area contributed by atoms with Crippen molar-refractivity contribution < 1.29 is 0 Å². The standard InChI is InChI=1S/C16H23N5/c1-11-5-3-4-6-14(11)10-21-16(18-19-20-21)13-7-8-15(17)12(2)9-13/h7-9,11,14H,3-6,10,17H2,1-2H3. The topological polar surface area (TPSA) is 69.6 Å². The summed E-state index contributed by atoms with van der Waals surface area (Å²) in [5.74, 6) is 2.27. The SMILES string of the molecule is Cc1cc(-c2nnnn2CC2CCCCC2C)ccc1N. The van der Waals surface area contributed by atoms with Gasteiger partial charge in [-0.3, -0.25) is 0 Å². The minimum atomic E-state index is 0.677. The zero-order valence-electron chi connectivity index (χ0n) is 12.8. The Bertz CT molecular complexity index is 619. The molecule has 0 aliphatic heterocycles. The van der Waals surface area contributed by atoms with Gasteiger partial charge in [-0.2, -0.15) is 0 Å². The second kappa shape index (κ2) is 5.84. The Labute approximate surface area is 125 Å². The van der Waals surface area contributed by atoms with Crippen LogP contribution in [0.4, 0.5) is 5.69 Å². The van der Waals surface area contributed by atoms with E-state index in [4.69, 9.17) is 5.73 Å². The highest BCUT2D eigenvalue weighted by Crippen LogP contribution is 2.31. The molecular formula is C16H23N5. The lowest BCUT2D eigenvalue weighted by molar-refractivity contribution is 0.221. The molecule has 3 rings (SSSR count). The van der Waals surface area contributed by atoms with E-state index in [1.807, 2.05) is 23.7 Å². The molecule has 1 fully saturated rings. The van der Waals surface area contributed by atoms with Crippen LogP contribution in [-0.4, -0.2) is 20.2 Å². The van der Waals surface area contributed by atoms with Gasteiger partial charge >= 0.3 is 0 Å². The van der Waals surface area contributed by atoms with Gasteiger partial charge < -0.3 is 5.73 Å². The van der Waals surface area contributed by atoms with E-state index in [1.165, 1.54) is 25.7 Å². The van der Waals surface area contributed by atoms with Crippen molar-refractivity contribution in [3.8, 4) is 11.4 Å². The summed E-state index contributed by atoms with van der Waals surface area (Å²) in [7, 11) is 0. The fourth-order valence-corrected chi connectivity index (χ4v) is 3.24. The van der Waals surface area contributed by atoms with Crippen molar-refractivity contribution >= 4 is 5.69 Å². The summed E-state index contributed by atoms with van der Waals surface area (Å²) in [5.41, 5.74) is 8.79. The van der Waals surface area contributed by atoms with E-state index in [9.17, 15) is 0 Å². The van der Waals surface area contributed by atoms with E-state index >= 15 is 0 Å². The Morgan fingerprint density at radius 3 is 2.86 bits per heavy atom. The third kappa shape index (κ3) is 2.91. The molecule has 5 heteroatoms. The average Bonchev–Trinajstić information content (AvgIpc) is 2.93. The van der Waals surface area contributed by atoms with Crippen molar-refractivity contribution in [2.24, 2.45) is 11.8 Å². The van der Waals surface area contributed by atoms with Crippen LogP contribution in [0.1, 0.15) is 38.2 Å². The molecule has 112 valence electrons. The van der Waals surface area contributed by atoms with Gasteiger partial charge in [0.15, 0.2) is 5.82 Å². The molecule has 1 aromatic carbocycles. The molecule has 1 aromatic heterocycles. The number of tetrazole rings is 1. The largest absolute Gasteiger partial charge is 0.399 e. The molecule has 5 nitrogen and oxygen atoms in total. The van der Waals surface area contributed by atoms with Crippen LogP contribution in [0, 0.1) is 18.8 Å². The maximum Gasteiger partial charge on any atom is 0.182 e. The molecule has 2 N–H and O–H groups in total. The molecular weight excluding hydrogens is 262 g/mol. The zero-order chi connectivity index (χ0) is 14.8. The van der Waals surface area contributed by atoms with Crippen LogP contribution < -0.4 is 5.73 Å². The molecule has 0 spiro atoms. The summed E-state index contributed by atoms with van der Waals surface area (Å²) in [4.78, 5) is 0. The Morgan fingerprint density at radius 2 is 2.10 bits per heavy atom. The van der Waals surface area contributed by atoms with Crippen LogP contribution in [-0.2, 0) is 6.54 Å². The predicted octanol–water partition coefficient (Wildman–Crippen LogP) is 3.06. The maximum atomic E-state index is 5.89. The number of aromatic nitrogens is 4. The van der Waals surface area contributed by atoms with Gasteiger partial charge in [0.25, 0.3) is 0 Å². The minimum Gasteiger partial charge on any atom is -0.399 e. The average molecular weight is 285 g/mol. The van der Waals surface area contributed by atoms with Crippen LogP contribution >= 0.6 is 0 Å². The van der Waals surface area contributed by atoms with Crippen LogP contribution in [0.2, 0.25) is 0 Å². The van der Waals surface area contributed by atoms with Gasteiger partial charge in [0, 0.05) is 17.8 Å². The van der Waals surface area contributed by atoms with Crippen LogP contribution in [0.5, 0.6) is 0 Å². The number of anilines is 1. The van der Waals surface area contributed by atoms with Gasteiger partial charge in [0.1, 0.15) is 0 Å². The Morgan fingerprint density at radius 1 is 1.29 bits per heavy atom. The fraction of sp³-hybridized carbons (Fsp3) is 0.562. The zero-order valence-corrected chi connectivity index (χ0v) is 12.8. The molecule has 0 saturated heterocycles. The lowest BCUT2D eigenvalue weighted by Gasteiger charge is -2.28. The number of aryl methyl sites for hydroxylation is 1. The van der Waals surface area contributed by atoms with Crippen LogP contribution in [0.15, 0.2) is 18.2 Å². The molecule has 1 aliphatic carbocycles. The molecule has 21 heavy (non-hydrogen) atoms. The number of nitrogens with zero attached hydrogens (tertiary/aromatic N) is 4. The highest BCUT2D eigenvalue weighted by molar-refractivity contribution is 5.61. The molecule has 1 heterocycles. The number of rotatable bonds is 3. The van der Waals surface area contributed by atoms with Gasteiger partial charge in [-0.05, 0) is 59.4 Å². The third-order valence-corrected chi connectivity index (χ3v) is 4.76. The van der Waals surface area contributed by atoms with Gasteiger partial charge in [0.05, 0.1) is 0 Å². The normalized spacial score (nSPS) is 22.4. The summed E-state index contributed by atoms with van der Waals surface area (Å²) in [6.45, 7) is 5.27. The quantitative estimate of drug-likeness (QED) is 0.880. The highest BCUT2D eigenvalue weighted by Gasteiger charge is 2.23. The lowest BCUT2D eigenvalue weighted by atomic mass is 9.80. The van der Waals surface area contributed by atoms with Gasteiger partial charge in [-0.25, -0.2) is 4.68 Å². The summed E-state index contributed by atoms with van der Waals surface area (Å²) in [5, 5.41) is 12.3. The molecule has 2 atom stereocenters. The molecule has 1 aliphatic rings. The smallest absolute Gasteiger partial charge is 0.182 e. The number of hydrogen-bond acceptors (Lipinski definition) is 4. The van der Waals surface area contributed by atoms with Crippen molar-refractivity contribution in [2.45, 2.75) is 46.1 Å². The Balaban J connectivity index is 1.84. The predicted molar refractivity (Wildman–Crippen MR) is 83.5 cm³/mol. The molecule has 0 radical (unpaired) electrons. The van der Waals surface area contributed by atoms with Gasteiger partial charge in [0.2, 0.25) is 0 Å². The molecule has 2 aromatic rings. The first-order chi connectivity index (χ1) is 10.1. The first-order valence-corrected chi connectivity index (χ1v) is 7.78. The fourth-order valence-electron chi connectivity index (χ4n) is 3.24. The second-order valence-electron chi connectivity index (χ2n) is 6.28. The van der Waals surface area contributed by atoms with E-state index < -0.39 is 0 Å². The maximum absolute atomic E-state index is 5.89. The van der Waals surface area contributed by atoms with Crippen LogP contribution in [0.3, 0.4) is 0 Å². The molecule has 0 bridgehead atoms. The van der Waals surface area contributed by atoms with Crippen molar-refractivity contribution in [3.63, 3.8) is 0 Å². The number of nitrogen functional groups attached to an aromatic ring is 1. The van der Waals surface area contributed by atoms with Gasteiger partial charge in [-0.15, -0.1) is 5.10 Å². The summed E-state index contributed by atoms with van der Waals surface area (Å²) >= 11 is 0. The van der Waals surface area contributed by atoms with E-state index in [1.54, 1.807) is 0 Å². The summed E-state index contributed by atoms with van der Waals surface area (Å²) < 4.78 is 1.96. The van der Waals surface area contributed by atoms with Crippen molar-refractivity contribution in [1.82, 2.24) is 20.2 Å². The number of hydrogen-bond donors (Lipinski definition) is 1. The molecule has 2 unspecified atom stereocenters. The number of benzene rings is 1. The third-order valence-electron chi connectivity index (χ3n) is 4.76. The first-order valence-electron chi connectivity index (χ1n) is 7.78. The molecule has 1 saturated carbocycles. The number of nitrogens with two attached hydrogens (primary N) is 1. The van der Waals surface area contributed by atoms with Gasteiger partial charge in [-0.1, -0.05) is 26.2 Å². The first kappa shape index (κ1) is 14.0. The van der Waals surface area contributed by atoms with Crippen LogP contribution in [0.25, 0.3) is 11.4 Å². The van der Waals surface area contributed by atoms with E-state index in [0.29, 0.717) is 5.92 Å². The lowest BCUT2D eigenvalue weighted by Crippen LogP contribution is -2.23. The Kier molecular flexibility index (Phi) is 3.90. The highest BCUT2D eigenvalue weighted by atomic mass is 15.5. The summed E-state index contributed by atoms with van der Waals surface area (Å²) in [6, 6.07) is 5.98.